The second-order valence-corrected chi connectivity index (χ2v) is 5.78. The molecule has 1 N–H and O–H groups in total. The summed E-state index contributed by atoms with van der Waals surface area (Å²) in [5, 5.41) is 3.72. The van der Waals surface area contributed by atoms with Gasteiger partial charge in [0.2, 0.25) is 0 Å². The highest BCUT2D eigenvalue weighted by atomic mass is 19.1. The molecule has 0 atom stereocenters. The van der Waals surface area contributed by atoms with E-state index >= 15 is 0 Å². The standard InChI is InChI=1S/C20H20FNO3/c1-3-24-16-8-9-18-17(12-16)13(2)19(25-18)20(23)22-11-10-14-4-6-15(21)7-5-14/h4-9,12H,3,10-11H2,1-2H3,(H,22,23). The van der Waals surface area contributed by atoms with E-state index in [1.54, 1.807) is 12.1 Å². The van der Waals surface area contributed by atoms with Gasteiger partial charge < -0.3 is 14.5 Å². The Hall–Kier alpha value is -2.82. The Morgan fingerprint density at radius 3 is 2.68 bits per heavy atom. The fourth-order valence-electron chi connectivity index (χ4n) is 2.72. The highest BCUT2D eigenvalue weighted by Gasteiger charge is 2.17. The number of carbonyl (C=O) groups excluding carboxylic acids is 1. The van der Waals surface area contributed by atoms with Crippen molar-refractivity contribution in [2.75, 3.05) is 13.2 Å². The molecule has 0 radical (unpaired) electrons. The minimum atomic E-state index is -0.267. The van der Waals surface area contributed by atoms with Crippen LogP contribution in [0.5, 0.6) is 5.75 Å². The van der Waals surface area contributed by atoms with Crippen LogP contribution in [0.15, 0.2) is 46.9 Å². The SMILES string of the molecule is CCOc1ccc2oc(C(=O)NCCc3ccc(F)cc3)c(C)c2c1. The van der Waals surface area contributed by atoms with Gasteiger partial charge in [0.25, 0.3) is 5.91 Å². The lowest BCUT2D eigenvalue weighted by Crippen LogP contribution is -2.25. The number of furan rings is 1. The van der Waals surface area contributed by atoms with Gasteiger partial charge in [-0.2, -0.15) is 0 Å². The van der Waals surface area contributed by atoms with Crippen molar-refractivity contribution in [1.82, 2.24) is 5.32 Å². The van der Waals surface area contributed by atoms with E-state index in [2.05, 4.69) is 5.32 Å². The molecular formula is C20H20FNO3. The van der Waals surface area contributed by atoms with Gasteiger partial charge in [0, 0.05) is 17.5 Å². The number of rotatable bonds is 6. The summed E-state index contributed by atoms with van der Waals surface area (Å²) in [6.45, 7) is 4.81. The third kappa shape index (κ3) is 3.82. The summed E-state index contributed by atoms with van der Waals surface area (Å²) in [6.07, 6.45) is 0.625. The Morgan fingerprint density at radius 2 is 1.96 bits per heavy atom. The molecule has 0 aliphatic carbocycles. The maximum Gasteiger partial charge on any atom is 0.287 e. The number of amides is 1. The minimum Gasteiger partial charge on any atom is -0.494 e. The van der Waals surface area contributed by atoms with Gasteiger partial charge in [0.15, 0.2) is 5.76 Å². The molecule has 3 aromatic rings. The lowest BCUT2D eigenvalue weighted by Gasteiger charge is -2.04. The summed E-state index contributed by atoms with van der Waals surface area (Å²) in [7, 11) is 0. The molecule has 0 aliphatic heterocycles. The van der Waals surface area contributed by atoms with Gasteiger partial charge in [0.05, 0.1) is 6.61 Å². The summed E-state index contributed by atoms with van der Waals surface area (Å²) in [5.41, 5.74) is 2.41. The van der Waals surface area contributed by atoms with Gasteiger partial charge in [-0.15, -0.1) is 0 Å². The van der Waals surface area contributed by atoms with Crippen molar-refractivity contribution in [3.05, 3.63) is 65.2 Å². The molecule has 3 rings (SSSR count). The first-order valence-electron chi connectivity index (χ1n) is 8.27. The molecule has 25 heavy (non-hydrogen) atoms. The first-order valence-corrected chi connectivity index (χ1v) is 8.27. The van der Waals surface area contributed by atoms with E-state index < -0.39 is 0 Å². The molecule has 2 aromatic carbocycles. The largest absolute Gasteiger partial charge is 0.494 e. The van der Waals surface area contributed by atoms with Crippen LogP contribution in [-0.2, 0) is 6.42 Å². The smallest absolute Gasteiger partial charge is 0.287 e. The minimum absolute atomic E-state index is 0.256. The topological polar surface area (TPSA) is 51.5 Å². The zero-order chi connectivity index (χ0) is 17.8. The molecule has 4 nitrogen and oxygen atoms in total. The van der Waals surface area contributed by atoms with Crippen molar-refractivity contribution >= 4 is 16.9 Å². The van der Waals surface area contributed by atoms with E-state index in [0.717, 1.165) is 22.3 Å². The predicted octanol–water partition coefficient (Wildman–Crippen LogP) is 4.25. The van der Waals surface area contributed by atoms with E-state index in [4.69, 9.17) is 9.15 Å². The van der Waals surface area contributed by atoms with E-state index in [0.29, 0.717) is 30.9 Å². The average Bonchev–Trinajstić information content (AvgIpc) is 2.94. The lowest BCUT2D eigenvalue weighted by molar-refractivity contribution is 0.0928. The highest BCUT2D eigenvalue weighted by Crippen LogP contribution is 2.28. The third-order valence-corrected chi connectivity index (χ3v) is 4.04. The molecule has 0 spiro atoms. The molecule has 1 aromatic heterocycles. The van der Waals surface area contributed by atoms with Crippen molar-refractivity contribution in [2.45, 2.75) is 20.3 Å². The van der Waals surface area contributed by atoms with E-state index in [9.17, 15) is 9.18 Å². The van der Waals surface area contributed by atoms with Crippen LogP contribution in [0.1, 0.15) is 28.6 Å². The van der Waals surface area contributed by atoms with E-state index in [-0.39, 0.29) is 11.7 Å². The average molecular weight is 341 g/mol. The summed E-state index contributed by atoms with van der Waals surface area (Å²) < 4.78 is 24.1. The maximum absolute atomic E-state index is 12.9. The molecule has 130 valence electrons. The molecule has 1 amide bonds. The van der Waals surface area contributed by atoms with Crippen LogP contribution >= 0.6 is 0 Å². The Morgan fingerprint density at radius 1 is 1.20 bits per heavy atom. The van der Waals surface area contributed by atoms with Crippen molar-refractivity contribution < 1.29 is 18.3 Å². The number of benzene rings is 2. The number of hydrogen-bond donors (Lipinski definition) is 1. The fourth-order valence-corrected chi connectivity index (χ4v) is 2.72. The monoisotopic (exact) mass is 341 g/mol. The first-order chi connectivity index (χ1) is 12.1. The zero-order valence-corrected chi connectivity index (χ0v) is 14.3. The van der Waals surface area contributed by atoms with Crippen LogP contribution in [0.2, 0.25) is 0 Å². The molecule has 0 saturated heterocycles. The van der Waals surface area contributed by atoms with Crippen LogP contribution in [0.4, 0.5) is 4.39 Å². The third-order valence-electron chi connectivity index (χ3n) is 4.04. The number of ether oxygens (including phenoxy) is 1. The van der Waals surface area contributed by atoms with Crippen LogP contribution in [0.25, 0.3) is 11.0 Å². The number of aryl methyl sites for hydroxylation is 1. The Kier molecular flexibility index (Phi) is 5.03. The van der Waals surface area contributed by atoms with Gasteiger partial charge in [-0.05, 0) is 56.2 Å². The van der Waals surface area contributed by atoms with Crippen molar-refractivity contribution in [1.29, 1.82) is 0 Å². The molecule has 0 bridgehead atoms. The maximum atomic E-state index is 12.9. The summed E-state index contributed by atoms with van der Waals surface area (Å²) >= 11 is 0. The zero-order valence-electron chi connectivity index (χ0n) is 14.3. The molecule has 5 heteroatoms. The first kappa shape index (κ1) is 17.0. The quantitative estimate of drug-likeness (QED) is 0.729. The van der Waals surface area contributed by atoms with Crippen molar-refractivity contribution in [2.24, 2.45) is 0 Å². The number of hydrogen-bond acceptors (Lipinski definition) is 3. The van der Waals surface area contributed by atoms with E-state index in [1.165, 1.54) is 12.1 Å². The van der Waals surface area contributed by atoms with Gasteiger partial charge in [0.1, 0.15) is 17.1 Å². The lowest BCUT2D eigenvalue weighted by atomic mass is 10.1. The van der Waals surface area contributed by atoms with Gasteiger partial charge in [-0.1, -0.05) is 12.1 Å². The van der Waals surface area contributed by atoms with Crippen molar-refractivity contribution in [3.63, 3.8) is 0 Å². The second-order valence-electron chi connectivity index (χ2n) is 5.78. The summed E-state index contributed by atoms with van der Waals surface area (Å²) in [4.78, 5) is 12.4. The molecule has 1 heterocycles. The van der Waals surface area contributed by atoms with Crippen LogP contribution in [0.3, 0.4) is 0 Å². The normalized spacial score (nSPS) is 10.8. The predicted molar refractivity (Wildman–Crippen MR) is 94.6 cm³/mol. The Labute approximate surface area is 145 Å². The van der Waals surface area contributed by atoms with Crippen LogP contribution < -0.4 is 10.1 Å². The Balaban J connectivity index is 1.69. The fraction of sp³-hybridized carbons (Fsp3) is 0.250. The number of carbonyl (C=O) groups is 1. The van der Waals surface area contributed by atoms with Crippen molar-refractivity contribution in [3.8, 4) is 5.75 Å². The van der Waals surface area contributed by atoms with Gasteiger partial charge in [-0.25, -0.2) is 4.39 Å². The van der Waals surface area contributed by atoms with E-state index in [1.807, 2.05) is 32.0 Å². The Bertz CT molecular complexity index is 884. The number of nitrogens with one attached hydrogen (secondary N) is 1. The molecular weight excluding hydrogens is 321 g/mol. The summed E-state index contributed by atoms with van der Waals surface area (Å²) in [5.74, 6) is 0.538. The molecule has 0 unspecified atom stereocenters. The molecule has 0 aliphatic rings. The highest BCUT2D eigenvalue weighted by molar-refractivity contribution is 5.99. The van der Waals surface area contributed by atoms with Crippen LogP contribution in [-0.4, -0.2) is 19.1 Å². The molecule has 0 fully saturated rings. The second kappa shape index (κ2) is 7.38. The van der Waals surface area contributed by atoms with Crippen LogP contribution in [0, 0.1) is 12.7 Å². The number of fused-ring (bicyclic) bond motifs is 1. The van der Waals surface area contributed by atoms with Gasteiger partial charge in [-0.3, -0.25) is 4.79 Å². The van der Waals surface area contributed by atoms with Gasteiger partial charge >= 0.3 is 0 Å². The molecule has 0 saturated carbocycles. The summed E-state index contributed by atoms with van der Waals surface area (Å²) in [6, 6.07) is 11.8. The number of halogens is 1.